The van der Waals surface area contributed by atoms with Crippen LogP contribution in [0.15, 0.2) is 67.3 Å². The molecule has 7 nitrogen and oxygen atoms in total. The van der Waals surface area contributed by atoms with Gasteiger partial charge in [-0.1, -0.05) is 12.1 Å². The van der Waals surface area contributed by atoms with Crippen molar-refractivity contribution in [1.82, 2.24) is 14.5 Å². The molecule has 32 heavy (non-hydrogen) atoms. The molecule has 0 bridgehead atoms. The number of nitrogens with zero attached hydrogens (tertiary/aromatic N) is 4. The lowest BCUT2D eigenvalue weighted by molar-refractivity contribution is -0.118. The largest absolute Gasteiger partial charge is 0.497 e. The number of aryl methyl sites for hydroxylation is 1. The number of amides is 1. The van der Waals surface area contributed by atoms with Crippen molar-refractivity contribution in [2.45, 2.75) is 25.5 Å². The highest BCUT2D eigenvalue weighted by atomic mass is 16.5. The van der Waals surface area contributed by atoms with Gasteiger partial charge in [-0.05, 0) is 54.8 Å². The monoisotopic (exact) mass is 434 g/mol. The highest BCUT2D eigenvalue weighted by molar-refractivity contribution is 5.52. The predicted molar refractivity (Wildman–Crippen MR) is 124 cm³/mol. The molecule has 168 valence electrons. The van der Waals surface area contributed by atoms with Crippen LogP contribution in [0.25, 0.3) is 0 Å². The van der Waals surface area contributed by atoms with Gasteiger partial charge < -0.3 is 23.8 Å². The number of ether oxygens (including phenoxy) is 2. The van der Waals surface area contributed by atoms with Gasteiger partial charge >= 0.3 is 0 Å². The maximum absolute atomic E-state index is 10.9. The second kappa shape index (κ2) is 10.7. The van der Waals surface area contributed by atoms with Crippen LogP contribution in [0, 0.1) is 0 Å². The number of carbonyl (C=O) groups excluding carboxylic acids is 1. The summed E-state index contributed by atoms with van der Waals surface area (Å²) in [4.78, 5) is 19.2. The van der Waals surface area contributed by atoms with E-state index in [2.05, 4.69) is 38.7 Å². The van der Waals surface area contributed by atoms with E-state index in [-0.39, 0.29) is 6.10 Å². The van der Waals surface area contributed by atoms with Crippen LogP contribution >= 0.6 is 0 Å². The molecule has 1 unspecified atom stereocenters. The summed E-state index contributed by atoms with van der Waals surface area (Å²) in [6.07, 6.45) is 8.34. The van der Waals surface area contributed by atoms with Crippen molar-refractivity contribution in [1.29, 1.82) is 0 Å². The van der Waals surface area contributed by atoms with Crippen molar-refractivity contribution in [3.05, 3.63) is 72.8 Å². The summed E-state index contributed by atoms with van der Waals surface area (Å²) in [5.74, 6) is 1.73. The Morgan fingerprint density at radius 2 is 1.72 bits per heavy atom. The third kappa shape index (κ3) is 5.81. The summed E-state index contributed by atoms with van der Waals surface area (Å²) in [7, 11) is 1.68. The van der Waals surface area contributed by atoms with Crippen molar-refractivity contribution in [3.8, 4) is 11.5 Å². The van der Waals surface area contributed by atoms with Crippen LogP contribution < -0.4 is 14.4 Å². The summed E-state index contributed by atoms with van der Waals surface area (Å²) in [6.45, 7) is 3.97. The van der Waals surface area contributed by atoms with E-state index in [0.29, 0.717) is 0 Å². The van der Waals surface area contributed by atoms with Crippen LogP contribution in [0.4, 0.5) is 5.69 Å². The van der Waals surface area contributed by atoms with Crippen LogP contribution in [-0.2, 0) is 17.8 Å². The van der Waals surface area contributed by atoms with Crippen LogP contribution in [0.3, 0.4) is 0 Å². The van der Waals surface area contributed by atoms with Crippen LogP contribution in [-0.4, -0.2) is 60.3 Å². The normalized spacial score (nSPS) is 14.8. The maximum atomic E-state index is 10.9. The molecule has 4 rings (SSSR count). The lowest BCUT2D eigenvalue weighted by Gasteiger charge is -2.34. The summed E-state index contributed by atoms with van der Waals surface area (Å²) < 4.78 is 13.7. The van der Waals surface area contributed by atoms with E-state index >= 15 is 0 Å². The van der Waals surface area contributed by atoms with Gasteiger partial charge in [-0.3, -0.25) is 4.79 Å². The molecule has 3 aromatic rings. The molecule has 0 spiro atoms. The topological polar surface area (TPSA) is 59.8 Å². The van der Waals surface area contributed by atoms with E-state index in [1.807, 2.05) is 41.7 Å². The molecule has 1 amide bonds. The Morgan fingerprint density at radius 3 is 2.34 bits per heavy atom. The molecule has 7 heteroatoms. The molecule has 0 N–H and O–H groups in total. The number of carbonyl (C=O) groups is 1. The molecule has 0 saturated carbocycles. The predicted octanol–water partition coefficient (Wildman–Crippen LogP) is 3.25. The van der Waals surface area contributed by atoms with Crippen LogP contribution in [0.2, 0.25) is 0 Å². The number of hydrogen-bond acceptors (Lipinski definition) is 5. The molecular formula is C25H30N4O3. The number of hydrogen-bond donors (Lipinski definition) is 0. The summed E-state index contributed by atoms with van der Waals surface area (Å²) in [5, 5.41) is 0. The number of aromatic nitrogens is 2. The third-order valence-corrected chi connectivity index (χ3v) is 5.86. The molecule has 1 fully saturated rings. The Morgan fingerprint density at radius 1 is 1.00 bits per heavy atom. The zero-order chi connectivity index (χ0) is 22.2. The van der Waals surface area contributed by atoms with E-state index in [9.17, 15) is 4.79 Å². The Labute approximate surface area is 189 Å². The second-order valence-electron chi connectivity index (χ2n) is 8.01. The Kier molecular flexibility index (Phi) is 7.27. The van der Waals surface area contributed by atoms with E-state index < -0.39 is 0 Å². The molecule has 1 aromatic heterocycles. The van der Waals surface area contributed by atoms with E-state index in [4.69, 9.17) is 9.47 Å². The van der Waals surface area contributed by atoms with Crippen molar-refractivity contribution in [3.63, 3.8) is 0 Å². The van der Waals surface area contributed by atoms with E-state index in [1.165, 1.54) is 5.56 Å². The smallest absolute Gasteiger partial charge is 0.209 e. The van der Waals surface area contributed by atoms with Gasteiger partial charge in [-0.25, -0.2) is 4.98 Å². The van der Waals surface area contributed by atoms with Gasteiger partial charge in [0.15, 0.2) is 0 Å². The van der Waals surface area contributed by atoms with Gasteiger partial charge in [0.25, 0.3) is 0 Å². The molecule has 0 radical (unpaired) electrons. The summed E-state index contributed by atoms with van der Waals surface area (Å²) in [5.41, 5.74) is 2.42. The van der Waals surface area contributed by atoms with Crippen molar-refractivity contribution in [2.24, 2.45) is 0 Å². The van der Waals surface area contributed by atoms with Crippen molar-refractivity contribution < 1.29 is 14.3 Å². The van der Waals surface area contributed by atoms with Crippen LogP contribution in [0.1, 0.15) is 12.0 Å². The first-order chi connectivity index (χ1) is 15.7. The summed E-state index contributed by atoms with van der Waals surface area (Å²) >= 11 is 0. The Balaban J connectivity index is 1.38. The number of anilines is 1. The second-order valence-corrected chi connectivity index (χ2v) is 8.01. The first kappa shape index (κ1) is 21.7. The lowest BCUT2D eigenvalue weighted by atomic mass is 10.1. The molecular weight excluding hydrogens is 404 g/mol. The fourth-order valence-corrected chi connectivity index (χ4v) is 3.95. The SMILES string of the molecule is COc1ccc(CCC(Cn2ccnc2)Oc2ccc(N3CCN(C=O)CC3)cc2)cc1. The number of rotatable bonds is 10. The fourth-order valence-electron chi connectivity index (χ4n) is 3.95. The van der Waals surface area contributed by atoms with E-state index in [1.54, 1.807) is 13.3 Å². The molecule has 0 aliphatic carbocycles. The van der Waals surface area contributed by atoms with Gasteiger partial charge in [0.1, 0.15) is 17.6 Å². The minimum Gasteiger partial charge on any atom is -0.497 e. The highest BCUT2D eigenvalue weighted by Crippen LogP contribution is 2.23. The quantitative estimate of drug-likeness (QED) is 0.459. The first-order valence-corrected chi connectivity index (χ1v) is 11.0. The van der Waals surface area contributed by atoms with Gasteiger partial charge in [-0.2, -0.15) is 0 Å². The summed E-state index contributed by atoms with van der Waals surface area (Å²) in [6, 6.07) is 16.5. The van der Waals surface area contributed by atoms with Gasteiger partial charge in [0.05, 0.1) is 20.0 Å². The molecule has 2 heterocycles. The average molecular weight is 435 g/mol. The zero-order valence-electron chi connectivity index (χ0n) is 18.5. The number of methoxy groups -OCH3 is 1. The van der Waals surface area contributed by atoms with Gasteiger partial charge in [0, 0.05) is 44.3 Å². The fraction of sp³-hybridized carbons (Fsp3) is 0.360. The molecule has 1 aliphatic rings. The van der Waals surface area contributed by atoms with E-state index in [0.717, 1.165) is 69.2 Å². The Bertz CT molecular complexity index is 950. The standard InChI is InChI=1S/C25H30N4O3/c1-31-23-7-2-21(3-8-23)4-9-25(18-28-13-12-26-19-28)32-24-10-5-22(6-11-24)29-16-14-27(20-30)15-17-29/h2-3,5-8,10-13,19-20,25H,4,9,14-18H2,1H3. The van der Waals surface area contributed by atoms with Crippen LogP contribution in [0.5, 0.6) is 11.5 Å². The van der Waals surface area contributed by atoms with Crippen molar-refractivity contribution >= 4 is 12.1 Å². The number of piperazine rings is 1. The third-order valence-electron chi connectivity index (χ3n) is 5.86. The molecule has 2 aromatic carbocycles. The molecule has 1 atom stereocenters. The molecule has 1 saturated heterocycles. The zero-order valence-corrected chi connectivity index (χ0v) is 18.5. The first-order valence-electron chi connectivity index (χ1n) is 11.0. The lowest BCUT2D eigenvalue weighted by Crippen LogP contribution is -2.45. The maximum Gasteiger partial charge on any atom is 0.209 e. The molecule has 1 aliphatic heterocycles. The van der Waals surface area contributed by atoms with Crippen molar-refractivity contribution in [2.75, 3.05) is 38.2 Å². The number of benzene rings is 2. The minimum absolute atomic E-state index is 0.0216. The Hall–Kier alpha value is -3.48. The average Bonchev–Trinajstić information content (AvgIpc) is 3.36. The number of imidazole rings is 1. The van der Waals surface area contributed by atoms with Gasteiger partial charge in [-0.15, -0.1) is 0 Å². The minimum atomic E-state index is 0.0216. The highest BCUT2D eigenvalue weighted by Gasteiger charge is 2.17. The van der Waals surface area contributed by atoms with Gasteiger partial charge in [0.2, 0.25) is 6.41 Å².